The Kier molecular flexibility index (Phi) is 5.06. The third-order valence-corrected chi connectivity index (χ3v) is 6.60. The lowest BCUT2D eigenvalue weighted by molar-refractivity contribution is 0.367. The van der Waals surface area contributed by atoms with E-state index in [9.17, 15) is 8.42 Å². The Morgan fingerprint density at radius 3 is 2.95 bits per heavy atom. The van der Waals surface area contributed by atoms with E-state index in [0.717, 1.165) is 17.1 Å². The maximum absolute atomic E-state index is 12.5. The average molecular weight is 331 g/mol. The number of nitrogens with two attached hydrogens (primary N) is 1. The zero-order valence-electron chi connectivity index (χ0n) is 11.3. The zero-order valence-corrected chi connectivity index (χ0v) is 13.7. The highest BCUT2D eigenvalue weighted by Gasteiger charge is 2.29. The predicted molar refractivity (Wildman–Crippen MR) is 88.4 cm³/mol. The molecule has 0 aromatic heterocycles. The van der Waals surface area contributed by atoms with E-state index in [1.807, 2.05) is 6.92 Å². The van der Waals surface area contributed by atoms with Crippen molar-refractivity contribution in [1.82, 2.24) is 4.31 Å². The molecule has 7 heteroatoms. The zero-order chi connectivity index (χ0) is 14.8. The van der Waals surface area contributed by atoms with Crippen molar-refractivity contribution in [3.8, 4) is 0 Å². The first-order valence-corrected chi connectivity index (χ1v) is 9.53. The Morgan fingerprint density at radius 2 is 2.30 bits per heavy atom. The Morgan fingerprint density at radius 1 is 1.55 bits per heavy atom. The molecule has 1 heterocycles. The second kappa shape index (κ2) is 6.43. The SMILES string of the molecule is CC1CSCCN1S(=O)(=O)Cc1cccc(C(N)=S)c1. The monoisotopic (exact) mass is 330 g/mol. The Bertz CT molecular complexity index is 601. The van der Waals surface area contributed by atoms with Crippen molar-refractivity contribution < 1.29 is 8.42 Å². The number of sulfonamides is 1. The summed E-state index contributed by atoms with van der Waals surface area (Å²) in [6, 6.07) is 7.18. The number of benzene rings is 1. The van der Waals surface area contributed by atoms with Gasteiger partial charge in [-0.05, 0) is 18.6 Å². The molecule has 0 bridgehead atoms. The van der Waals surface area contributed by atoms with Crippen LogP contribution in [0.3, 0.4) is 0 Å². The highest BCUT2D eigenvalue weighted by Crippen LogP contribution is 2.22. The van der Waals surface area contributed by atoms with Gasteiger partial charge in [0.25, 0.3) is 0 Å². The minimum Gasteiger partial charge on any atom is -0.389 e. The van der Waals surface area contributed by atoms with E-state index in [1.165, 1.54) is 0 Å². The smallest absolute Gasteiger partial charge is 0.218 e. The molecular weight excluding hydrogens is 312 g/mol. The second-order valence-corrected chi connectivity index (χ2v) is 8.37. The van der Waals surface area contributed by atoms with Crippen LogP contribution < -0.4 is 5.73 Å². The fourth-order valence-electron chi connectivity index (χ4n) is 2.23. The average Bonchev–Trinajstić information content (AvgIpc) is 2.38. The predicted octanol–water partition coefficient (Wildman–Crippen LogP) is 1.59. The van der Waals surface area contributed by atoms with Gasteiger partial charge in [0.15, 0.2) is 0 Å². The van der Waals surface area contributed by atoms with Crippen LogP contribution in [-0.2, 0) is 15.8 Å². The molecule has 0 aliphatic carbocycles. The van der Waals surface area contributed by atoms with Gasteiger partial charge in [0, 0.05) is 29.7 Å². The number of rotatable bonds is 4. The van der Waals surface area contributed by atoms with Gasteiger partial charge in [-0.25, -0.2) is 8.42 Å². The van der Waals surface area contributed by atoms with Crippen LogP contribution in [0.15, 0.2) is 24.3 Å². The summed E-state index contributed by atoms with van der Waals surface area (Å²) < 4.78 is 26.6. The molecule has 20 heavy (non-hydrogen) atoms. The molecule has 1 aliphatic heterocycles. The third kappa shape index (κ3) is 3.72. The minimum absolute atomic E-state index is 0.00153. The van der Waals surface area contributed by atoms with Gasteiger partial charge in [-0.2, -0.15) is 16.1 Å². The summed E-state index contributed by atoms with van der Waals surface area (Å²) in [7, 11) is -3.29. The Balaban J connectivity index is 2.19. The van der Waals surface area contributed by atoms with Crippen molar-refractivity contribution in [2.24, 2.45) is 5.73 Å². The fraction of sp³-hybridized carbons (Fsp3) is 0.462. The second-order valence-electron chi connectivity index (χ2n) is 4.86. The van der Waals surface area contributed by atoms with Gasteiger partial charge in [0.05, 0.1) is 5.75 Å². The van der Waals surface area contributed by atoms with E-state index in [2.05, 4.69) is 0 Å². The molecule has 1 saturated heterocycles. The molecule has 2 rings (SSSR count). The van der Waals surface area contributed by atoms with Gasteiger partial charge < -0.3 is 5.73 Å². The number of hydrogen-bond acceptors (Lipinski definition) is 4. The van der Waals surface area contributed by atoms with Crippen molar-refractivity contribution in [1.29, 1.82) is 0 Å². The Hall–Kier alpha value is -0.630. The standard InChI is InChI=1S/C13H18N2O2S3/c1-10-8-19-6-5-15(10)20(16,17)9-11-3-2-4-12(7-11)13(14)18/h2-4,7,10H,5-6,8-9H2,1H3,(H2,14,18). The third-order valence-electron chi connectivity index (χ3n) is 3.22. The van der Waals surface area contributed by atoms with Crippen molar-refractivity contribution in [2.75, 3.05) is 18.1 Å². The Labute approximate surface area is 129 Å². The molecule has 0 spiro atoms. The lowest BCUT2D eigenvalue weighted by Gasteiger charge is -2.32. The molecule has 0 radical (unpaired) electrons. The highest BCUT2D eigenvalue weighted by molar-refractivity contribution is 7.99. The van der Waals surface area contributed by atoms with Crippen molar-refractivity contribution >= 4 is 39.0 Å². The fourth-order valence-corrected chi connectivity index (χ4v) is 5.34. The molecule has 1 aromatic rings. The van der Waals surface area contributed by atoms with Gasteiger partial charge in [0.2, 0.25) is 10.0 Å². The van der Waals surface area contributed by atoms with E-state index in [-0.39, 0.29) is 16.8 Å². The maximum atomic E-state index is 12.5. The van der Waals surface area contributed by atoms with Crippen LogP contribution in [0.25, 0.3) is 0 Å². The normalized spacial score (nSPS) is 20.8. The summed E-state index contributed by atoms with van der Waals surface area (Å²) in [5.41, 5.74) is 7.01. The minimum atomic E-state index is -3.29. The van der Waals surface area contributed by atoms with Crippen LogP contribution >= 0.6 is 24.0 Å². The molecule has 110 valence electrons. The van der Waals surface area contributed by atoms with Crippen molar-refractivity contribution in [2.45, 2.75) is 18.7 Å². The molecule has 1 aliphatic rings. The number of hydrogen-bond donors (Lipinski definition) is 1. The molecule has 0 amide bonds. The van der Waals surface area contributed by atoms with E-state index in [1.54, 1.807) is 40.3 Å². The van der Waals surface area contributed by atoms with Gasteiger partial charge >= 0.3 is 0 Å². The lowest BCUT2D eigenvalue weighted by Crippen LogP contribution is -2.44. The van der Waals surface area contributed by atoms with Gasteiger partial charge in [-0.15, -0.1) is 0 Å². The molecule has 1 aromatic carbocycles. The van der Waals surface area contributed by atoms with Crippen LogP contribution in [0, 0.1) is 0 Å². The van der Waals surface area contributed by atoms with E-state index < -0.39 is 10.0 Å². The quantitative estimate of drug-likeness (QED) is 0.850. The summed E-state index contributed by atoms with van der Waals surface area (Å²) in [6.07, 6.45) is 0. The largest absolute Gasteiger partial charge is 0.389 e. The van der Waals surface area contributed by atoms with Crippen LogP contribution in [-0.4, -0.2) is 41.8 Å². The van der Waals surface area contributed by atoms with Crippen molar-refractivity contribution in [3.05, 3.63) is 35.4 Å². The van der Waals surface area contributed by atoms with Gasteiger partial charge in [-0.1, -0.05) is 30.4 Å². The number of nitrogens with zero attached hydrogens (tertiary/aromatic N) is 1. The first-order valence-electron chi connectivity index (χ1n) is 6.36. The van der Waals surface area contributed by atoms with Gasteiger partial charge in [0.1, 0.15) is 4.99 Å². The van der Waals surface area contributed by atoms with E-state index >= 15 is 0 Å². The molecule has 1 unspecified atom stereocenters. The molecule has 0 saturated carbocycles. The number of thiocarbonyl (C=S) groups is 1. The summed E-state index contributed by atoms with van der Waals surface area (Å²) in [4.78, 5) is 0.284. The van der Waals surface area contributed by atoms with E-state index in [0.29, 0.717) is 12.1 Å². The van der Waals surface area contributed by atoms with Crippen LogP contribution in [0.1, 0.15) is 18.1 Å². The molecular formula is C13H18N2O2S3. The first-order chi connectivity index (χ1) is 9.40. The molecule has 2 N–H and O–H groups in total. The topological polar surface area (TPSA) is 63.4 Å². The lowest BCUT2D eigenvalue weighted by atomic mass is 10.1. The van der Waals surface area contributed by atoms with E-state index in [4.69, 9.17) is 18.0 Å². The van der Waals surface area contributed by atoms with Gasteiger partial charge in [-0.3, -0.25) is 0 Å². The molecule has 4 nitrogen and oxygen atoms in total. The highest BCUT2D eigenvalue weighted by atomic mass is 32.2. The maximum Gasteiger partial charge on any atom is 0.218 e. The van der Waals surface area contributed by atoms with Crippen LogP contribution in [0.4, 0.5) is 0 Å². The summed E-state index contributed by atoms with van der Waals surface area (Å²) in [5, 5.41) is 0. The first kappa shape index (κ1) is 15.8. The molecule has 1 fully saturated rings. The summed E-state index contributed by atoms with van der Waals surface area (Å²) >= 11 is 6.72. The van der Waals surface area contributed by atoms with Crippen LogP contribution in [0.5, 0.6) is 0 Å². The van der Waals surface area contributed by atoms with Crippen LogP contribution in [0.2, 0.25) is 0 Å². The number of thioether (sulfide) groups is 1. The summed E-state index contributed by atoms with van der Waals surface area (Å²) in [6.45, 7) is 2.54. The summed E-state index contributed by atoms with van der Waals surface area (Å²) in [5.74, 6) is 1.71. The molecule has 1 atom stereocenters. The van der Waals surface area contributed by atoms with Crippen molar-refractivity contribution in [3.63, 3.8) is 0 Å².